The Kier molecular flexibility index (Phi) is 7.23. The van der Waals surface area contributed by atoms with Crippen LogP contribution < -0.4 is 24.8 Å². The molecule has 3 N–H and O–H groups in total. The van der Waals surface area contributed by atoms with E-state index in [2.05, 4.69) is 5.32 Å². The lowest BCUT2D eigenvalue weighted by Crippen LogP contribution is -2.84. The Bertz CT molecular complexity index is 752. The maximum absolute atomic E-state index is 13.5. The summed E-state index contributed by atoms with van der Waals surface area (Å²) in [4.78, 5) is 11.9. The third-order valence-electron chi connectivity index (χ3n) is 3.90. The van der Waals surface area contributed by atoms with Gasteiger partial charge in [-0.3, -0.25) is 4.79 Å². The lowest BCUT2D eigenvalue weighted by molar-refractivity contribution is -0.668. The molecule has 0 aliphatic rings. The molecule has 0 heterocycles. The summed E-state index contributed by atoms with van der Waals surface area (Å²) >= 11 is 0. The third-order valence-corrected chi connectivity index (χ3v) is 3.90. The molecule has 0 saturated heterocycles. The van der Waals surface area contributed by atoms with Crippen molar-refractivity contribution in [2.24, 2.45) is 0 Å². The van der Waals surface area contributed by atoms with Gasteiger partial charge in [0.05, 0.1) is 45.5 Å². The van der Waals surface area contributed by atoms with Gasteiger partial charge in [-0.05, 0) is 24.3 Å². The van der Waals surface area contributed by atoms with Crippen molar-refractivity contribution in [2.75, 3.05) is 34.4 Å². The standard InChI is InChI=1S/C19H23FN2O4/c1-24-16-9-8-13(17(25-2)18(16)26-3)12-21-10-11-22-19(23)14-6-4-5-7-15(14)20/h4-9,21H,10-12H2,1-3H3,(H,22,23)/p+1. The molecular weight excluding hydrogens is 339 g/mol. The molecule has 2 aromatic rings. The molecule has 1 amide bonds. The molecule has 0 unspecified atom stereocenters. The van der Waals surface area contributed by atoms with Crippen LogP contribution in [0.4, 0.5) is 4.39 Å². The fourth-order valence-corrected chi connectivity index (χ4v) is 2.61. The fourth-order valence-electron chi connectivity index (χ4n) is 2.61. The number of amides is 1. The number of ether oxygens (including phenoxy) is 3. The van der Waals surface area contributed by atoms with Crippen molar-refractivity contribution in [3.05, 3.63) is 53.3 Å². The molecule has 0 aliphatic carbocycles. The number of benzene rings is 2. The van der Waals surface area contributed by atoms with Gasteiger partial charge in [-0.2, -0.15) is 0 Å². The Balaban J connectivity index is 1.87. The second kappa shape index (κ2) is 9.62. The number of hydrogen-bond donors (Lipinski definition) is 2. The molecule has 0 spiro atoms. The van der Waals surface area contributed by atoms with E-state index in [0.717, 1.165) is 5.56 Å². The molecule has 2 aromatic carbocycles. The third kappa shape index (κ3) is 4.64. The van der Waals surface area contributed by atoms with Gasteiger partial charge in [-0.15, -0.1) is 0 Å². The van der Waals surface area contributed by atoms with Gasteiger partial charge in [0.25, 0.3) is 5.91 Å². The van der Waals surface area contributed by atoms with Crippen LogP contribution >= 0.6 is 0 Å². The van der Waals surface area contributed by atoms with E-state index >= 15 is 0 Å². The van der Waals surface area contributed by atoms with Crippen molar-refractivity contribution in [2.45, 2.75) is 6.54 Å². The number of nitrogens with one attached hydrogen (secondary N) is 1. The van der Waals surface area contributed by atoms with E-state index in [9.17, 15) is 9.18 Å². The first-order valence-corrected chi connectivity index (χ1v) is 8.24. The highest BCUT2D eigenvalue weighted by molar-refractivity contribution is 5.94. The van der Waals surface area contributed by atoms with Crippen LogP contribution in [-0.2, 0) is 6.54 Å². The average Bonchev–Trinajstić information content (AvgIpc) is 2.67. The number of carbonyl (C=O) groups excluding carboxylic acids is 1. The molecule has 6 nitrogen and oxygen atoms in total. The van der Waals surface area contributed by atoms with Crippen LogP contribution in [0.3, 0.4) is 0 Å². The minimum Gasteiger partial charge on any atom is -0.493 e. The maximum atomic E-state index is 13.5. The van der Waals surface area contributed by atoms with Gasteiger partial charge in [-0.25, -0.2) is 4.39 Å². The normalized spacial score (nSPS) is 10.3. The second-order valence-corrected chi connectivity index (χ2v) is 5.51. The number of carbonyl (C=O) groups is 1. The first kappa shape index (κ1) is 19.5. The summed E-state index contributed by atoms with van der Waals surface area (Å²) in [7, 11) is 4.71. The first-order chi connectivity index (χ1) is 12.6. The van der Waals surface area contributed by atoms with Crippen molar-refractivity contribution in [1.82, 2.24) is 5.32 Å². The summed E-state index contributed by atoms with van der Waals surface area (Å²) in [6, 6.07) is 9.65. The van der Waals surface area contributed by atoms with Crippen LogP contribution in [-0.4, -0.2) is 40.3 Å². The first-order valence-electron chi connectivity index (χ1n) is 8.24. The molecule has 0 radical (unpaired) electrons. The molecule has 0 atom stereocenters. The summed E-state index contributed by atoms with van der Waals surface area (Å²) in [5.74, 6) is 0.835. The van der Waals surface area contributed by atoms with Crippen molar-refractivity contribution < 1.29 is 28.7 Å². The predicted octanol–water partition coefficient (Wildman–Crippen LogP) is 1.34. The molecule has 26 heavy (non-hydrogen) atoms. The molecule has 2 rings (SSSR count). The van der Waals surface area contributed by atoms with Crippen LogP contribution in [0, 0.1) is 5.82 Å². The summed E-state index contributed by atoms with van der Waals surface area (Å²) in [6.07, 6.45) is 0. The Hall–Kier alpha value is -2.80. The van der Waals surface area contributed by atoms with Crippen LogP contribution in [0.25, 0.3) is 0 Å². The summed E-state index contributed by atoms with van der Waals surface area (Å²) in [5, 5.41) is 4.73. The van der Waals surface area contributed by atoms with E-state index in [4.69, 9.17) is 14.2 Å². The summed E-state index contributed by atoms with van der Waals surface area (Å²) in [5.41, 5.74) is 1.000. The number of methoxy groups -OCH3 is 3. The zero-order chi connectivity index (χ0) is 18.9. The van der Waals surface area contributed by atoms with Gasteiger partial charge in [0, 0.05) is 0 Å². The highest BCUT2D eigenvalue weighted by Crippen LogP contribution is 2.39. The van der Waals surface area contributed by atoms with E-state index in [0.29, 0.717) is 36.9 Å². The fraction of sp³-hybridized carbons (Fsp3) is 0.316. The molecule has 0 bridgehead atoms. The molecule has 0 aliphatic heterocycles. The SMILES string of the molecule is COc1ccc(C[NH2+]CCNC(=O)c2ccccc2F)c(OC)c1OC. The van der Waals surface area contributed by atoms with E-state index in [1.807, 2.05) is 17.4 Å². The quantitative estimate of drug-likeness (QED) is 0.660. The predicted molar refractivity (Wildman–Crippen MR) is 95.3 cm³/mol. The second-order valence-electron chi connectivity index (χ2n) is 5.51. The molecular formula is C19H24FN2O4+. The smallest absolute Gasteiger partial charge is 0.254 e. The molecule has 0 fully saturated rings. The summed E-state index contributed by atoms with van der Waals surface area (Å²) in [6.45, 7) is 1.69. The number of hydrogen-bond acceptors (Lipinski definition) is 4. The molecule has 0 saturated carbocycles. The monoisotopic (exact) mass is 363 g/mol. The van der Waals surface area contributed by atoms with Crippen LogP contribution in [0.15, 0.2) is 36.4 Å². The minimum absolute atomic E-state index is 0.0501. The lowest BCUT2D eigenvalue weighted by atomic mass is 10.1. The van der Waals surface area contributed by atoms with Crippen LogP contribution in [0.1, 0.15) is 15.9 Å². The van der Waals surface area contributed by atoms with Crippen molar-refractivity contribution in [3.63, 3.8) is 0 Å². The van der Waals surface area contributed by atoms with Crippen molar-refractivity contribution >= 4 is 5.91 Å². The van der Waals surface area contributed by atoms with Gasteiger partial charge in [0.1, 0.15) is 12.4 Å². The van der Waals surface area contributed by atoms with Gasteiger partial charge in [0.15, 0.2) is 11.5 Å². The maximum Gasteiger partial charge on any atom is 0.254 e. The Morgan fingerprint density at radius 2 is 1.77 bits per heavy atom. The van der Waals surface area contributed by atoms with E-state index < -0.39 is 11.7 Å². The lowest BCUT2D eigenvalue weighted by Gasteiger charge is -2.15. The van der Waals surface area contributed by atoms with Crippen LogP contribution in [0.2, 0.25) is 0 Å². The Labute approximate surface area is 152 Å². The topological polar surface area (TPSA) is 73.4 Å². The molecule has 0 aromatic heterocycles. The average molecular weight is 363 g/mol. The van der Waals surface area contributed by atoms with Crippen LogP contribution in [0.5, 0.6) is 17.2 Å². The highest BCUT2D eigenvalue weighted by atomic mass is 19.1. The Morgan fingerprint density at radius 3 is 2.42 bits per heavy atom. The van der Waals surface area contributed by atoms with Crippen molar-refractivity contribution in [1.29, 1.82) is 0 Å². The van der Waals surface area contributed by atoms with Gasteiger partial charge in [0.2, 0.25) is 5.75 Å². The number of halogens is 1. The van der Waals surface area contributed by atoms with Gasteiger partial charge < -0.3 is 24.8 Å². The zero-order valence-corrected chi connectivity index (χ0v) is 15.2. The van der Waals surface area contributed by atoms with Gasteiger partial charge in [-0.1, -0.05) is 12.1 Å². The largest absolute Gasteiger partial charge is 0.493 e. The van der Waals surface area contributed by atoms with E-state index in [-0.39, 0.29) is 5.56 Å². The number of rotatable bonds is 9. The van der Waals surface area contributed by atoms with Gasteiger partial charge >= 0.3 is 0 Å². The van der Waals surface area contributed by atoms with E-state index in [1.165, 1.54) is 12.1 Å². The molecule has 140 valence electrons. The van der Waals surface area contributed by atoms with Crippen molar-refractivity contribution in [3.8, 4) is 17.2 Å². The number of nitrogens with two attached hydrogens (primary N) is 1. The minimum atomic E-state index is -0.524. The summed E-state index contributed by atoms with van der Waals surface area (Å²) < 4.78 is 29.6. The Morgan fingerprint density at radius 1 is 1.04 bits per heavy atom. The van der Waals surface area contributed by atoms with E-state index in [1.54, 1.807) is 33.5 Å². The number of quaternary nitrogens is 1. The highest BCUT2D eigenvalue weighted by Gasteiger charge is 2.16. The zero-order valence-electron chi connectivity index (χ0n) is 15.2. The molecule has 7 heteroatoms.